The van der Waals surface area contributed by atoms with Crippen molar-refractivity contribution >= 4 is 0 Å². The fourth-order valence-corrected chi connectivity index (χ4v) is 2.39. The zero-order valence-electron chi connectivity index (χ0n) is 8.68. The summed E-state index contributed by atoms with van der Waals surface area (Å²) in [5, 5.41) is 0. The molecule has 0 amide bonds. The Bertz CT molecular complexity index is 232. The minimum Gasteiger partial charge on any atom is -0.0811 e. The summed E-state index contributed by atoms with van der Waals surface area (Å²) in [6.07, 6.45) is 14.5. The first-order valence-electron chi connectivity index (χ1n) is 5.74. The smallest absolute Gasteiger partial charge is 0.0277 e. The molecule has 13 heavy (non-hydrogen) atoms. The maximum absolute atomic E-state index is 2.49. The van der Waals surface area contributed by atoms with Crippen molar-refractivity contribution in [3.63, 3.8) is 0 Å². The Morgan fingerprint density at radius 1 is 1.08 bits per heavy atom. The largest absolute Gasteiger partial charge is 0.0811 e. The van der Waals surface area contributed by atoms with E-state index in [4.69, 9.17) is 0 Å². The Morgan fingerprint density at radius 2 is 1.92 bits per heavy atom. The van der Waals surface area contributed by atoms with Crippen molar-refractivity contribution in [3.05, 3.63) is 23.3 Å². The van der Waals surface area contributed by atoms with Gasteiger partial charge >= 0.3 is 0 Å². The van der Waals surface area contributed by atoms with Crippen LogP contribution in [0.3, 0.4) is 0 Å². The zero-order valence-corrected chi connectivity index (χ0v) is 8.68. The molecule has 2 aliphatic rings. The molecule has 0 heteroatoms. The lowest BCUT2D eigenvalue weighted by atomic mass is 9.84. The lowest BCUT2D eigenvalue weighted by Crippen LogP contribution is -2.04. The maximum atomic E-state index is 2.49. The van der Waals surface area contributed by atoms with Gasteiger partial charge < -0.3 is 0 Å². The topological polar surface area (TPSA) is 0 Å². The predicted octanol–water partition coefficient (Wildman–Crippen LogP) is 4.23. The zero-order chi connectivity index (χ0) is 9.10. The van der Waals surface area contributed by atoms with Crippen molar-refractivity contribution < 1.29 is 0 Å². The number of hydrogen-bond donors (Lipinski definition) is 0. The van der Waals surface area contributed by atoms with Gasteiger partial charge in [0.15, 0.2) is 0 Å². The van der Waals surface area contributed by atoms with Crippen LogP contribution in [0.15, 0.2) is 23.3 Å². The monoisotopic (exact) mass is 176 g/mol. The van der Waals surface area contributed by atoms with E-state index in [2.05, 4.69) is 19.1 Å². The second-order valence-corrected chi connectivity index (χ2v) is 4.58. The van der Waals surface area contributed by atoms with Crippen molar-refractivity contribution in [2.75, 3.05) is 0 Å². The van der Waals surface area contributed by atoms with E-state index in [0.717, 1.165) is 5.92 Å². The van der Waals surface area contributed by atoms with E-state index in [-0.39, 0.29) is 0 Å². The normalized spacial score (nSPS) is 29.5. The van der Waals surface area contributed by atoms with Gasteiger partial charge in [-0.25, -0.2) is 0 Å². The molecule has 0 aromatic heterocycles. The van der Waals surface area contributed by atoms with Crippen molar-refractivity contribution in [1.82, 2.24) is 0 Å². The number of allylic oxidation sites excluding steroid dienone is 4. The lowest BCUT2D eigenvalue weighted by molar-refractivity contribution is 0.512. The summed E-state index contributed by atoms with van der Waals surface area (Å²) >= 11 is 0. The van der Waals surface area contributed by atoms with Gasteiger partial charge in [0.05, 0.1) is 0 Å². The fraction of sp³-hybridized carbons (Fsp3) is 0.692. The Balaban J connectivity index is 2.03. The number of rotatable bonds is 1. The summed E-state index contributed by atoms with van der Waals surface area (Å²) in [5.41, 5.74) is 3.36. The van der Waals surface area contributed by atoms with Gasteiger partial charge in [-0.1, -0.05) is 19.1 Å². The molecule has 0 fully saturated rings. The highest BCUT2D eigenvalue weighted by Gasteiger charge is 2.14. The van der Waals surface area contributed by atoms with Gasteiger partial charge in [-0.3, -0.25) is 0 Å². The minimum absolute atomic E-state index is 0.924. The molecule has 1 atom stereocenters. The second kappa shape index (κ2) is 4.13. The molecule has 2 rings (SSSR count). The van der Waals surface area contributed by atoms with E-state index in [1.54, 1.807) is 11.1 Å². The van der Waals surface area contributed by atoms with E-state index < -0.39 is 0 Å². The van der Waals surface area contributed by atoms with Crippen LogP contribution in [0, 0.1) is 5.92 Å². The maximum Gasteiger partial charge on any atom is -0.0277 e. The van der Waals surface area contributed by atoms with Gasteiger partial charge in [-0.15, -0.1) is 0 Å². The summed E-state index contributed by atoms with van der Waals surface area (Å²) in [5.74, 6) is 0.924. The van der Waals surface area contributed by atoms with Crippen LogP contribution in [0.5, 0.6) is 0 Å². The SMILES string of the molecule is CC1CC=C(C2=CCCCC2)CC1. The highest BCUT2D eigenvalue weighted by Crippen LogP contribution is 2.32. The van der Waals surface area contributed by atoms with E-state index in [1.165, 1.54) is 44.9 Å². The van der Waals surface area contributed by atoms with Gasteiger partial charge in [0.2, 0.25) is 0 Å². The molecule has 0 saturated heterocycles. The molecule has 1 unspecified atom stereocenters. The van der Waals surface area contributed by atoms with E-state index in [0.29, 0.717) is 0 Å². The van der Waals surface area contributed by atoms with Crippen LogP contribution in [0.2, 0.25) is 0 Å². The standard InChI is InChI=1S/C13H20/c1-11-7-9-13(10-8-11)12-5-3-2-4-6-12/h5,9,11H,2-4,6-8,10H2,1H3. The minimum atomic E-state index is 0.924. The lowest BCUT2D eigenvalue weighted by Gasteiger charge is -2.22. The summed E-state index contributed by atoms with van der Waals surface area (Å²) in [4.78, 5) is 0. The van der Waals surface area contributed by atoms with Crippen LogP contribution in [0.25, 0.3) is 0 Å². The summed E-state index contributed by atoms with van der Waals surface area (Å²) in [7, 11) is 0. The summed E-state index contributed by atoms with van der Waals surface area (Å²) < 4.78 is 0. The van der Waals surface area contributed by atoms with Gasteiger partial charge in [-0.2, -0.15) is 0 Å². The predicted molar refractivity (Wildman–Crippen MR) is 57.6 cm³/mol. The first-order chi connectivity index (χ1) is 6.36. The highest BCUT2D eigenvalue weighted by molar-refractivity contribution is 5.32. The van der Waals surface area contributed by atoms with Crippen LogP contribution in [-0.2, 0) is 0 Å². The van der Waals surface area contributed by atoms with Crippen LogP contribution in [0.4, 0.5) is 0 Å². The second-order valence-electron chi connectivity index (χ2n) is 4.58. The van der Waals surface area contributed by atoms with Gasteiger partial charge in [0.1, 0.15) is 0 Å². The number of hydrogen-bond acceptors (Lipinski definition) is 0. The molecular formula is C13H20. The molecule has 72 valence electrons. The van der Waals surface area contributed by atoms with Gasteiger partial charge in [0, 0.05) is 0 Å². The van der Waals surface area contributed by atoms with Crippen LogP contribution >= 0.6 is 0 Å². The third kappa shape index (κ3) is 2.24. The molecule has 0 nitrogen and oxygen atoms in total. The Kier molecular flexibility index (Phi) is 2.87. The molecule has 0 aliphatic heterocycles. The molecule has 0 heterocycles. The molecule has 0 aromatic rings. The van der Waals surface area contributed by atoms with Crippen molar-refractivity contribution in [2.45, 2.75) is 51.9 Å². The van der Waals surface area contributed by atoms with E-state index in [9.17, 15) is 0 Å². The molecule has 0 saturated carbocycles. The summed E-state index contributed by atoms with van der Waals surface area (Å²) in [6.45, 7) is 2.36. The molecular weight excluding hydrogens is 156 g/mol. The third-order valence-electron chi connectivity index (χ3n) is 3.38. The van der Waals surface area contributed by atoms with Gasteiger partial charge in [-0.05, 0) is 62.0 Å². The highest BCUT2D eigenvalue weighted by atomic mass is 14.2. The molecule has 2 aliphatic carbocycles. The Hall–Kier alpha value is -0.520. The average molecular weight is 176 g/mol. The van der Waals surface area contributed by atoms with Crippen LogP contribution < -0.4 is 0 Å². The van der Waals surface area contributed by atoms with E-state index >= 15 is 0 Å². The van der Waals surface area contributed by atoms with Crippen molar-refractivity contribution in [1.29, 1.82) is 0 Å². The van der Waals surface area contributed by atoms with Crippen molar-refractivity contribution in [3.8, 4) is 0 Å². The summed E-state index contributed by atoms with van der Waals surface area (Å²) in [6, 6.07) is 0. The first-order valence-corrected chi connectivity index (χ1v) is 5.74. The first kappa shape index (κ1) is 9.05. The molecule has 0 spiro atoms. The average Bonchev–Trinajstić information content (AvgIpc) is 2.20. The third-order valence-corrected chi connectivity index (χ3v) is 3.38. The van der Waals surface area contributed by atoms with Crippen LogP contribution in [-0.4, -0.2) is 0 Å². The molecule has 0 bridgehead atoms. The fourth-order valence-electron chi connectivity index (χ4n) is 2.39. The van der Waals surface area contributed by atoms with Crippen LogP contribution in [0.1, 0.15) is 51.9 Å². The Morgan fingerprint density at radius 3 is 2.54 bits per heavy atom. The van der Waals surface area contributed by atoms with E-state index in [1.807, 2.05) is 0 Å². The quantitative estimate of drug-likeness (QED) is 0.560. The molecule has 0 aromatic carbocycles. The molecule has 0 radical (unpaired) electrons. The Labute approximate surface area is 81.7 Å². The molecule has 0 N–H and O–H groups in total. The van der Waals surface area contributed by atoms with Crippen molar-refractivity contribution in [2.24, 2.45) is 5.92 Å². The van der Waals surface area contributed by atoms with Gasteiger partial charge in [0.25, 0.3) is 0 Å².